The van der Waals surface area contributed by atoms with Crippen LogP contribution in [0.5, 0.6) is 0 Å². The van der Waals surface area contributed by atoms with E-state index in [2.05, 4.69) is 19.2 Å². The Balaban J connectivity index is 2.41. The maximum absolute atomic E-state index is 12.1. The summed E-state index contributed by atoms with van der Waals surface area (Å²) in [4.78, 5) is 25.1. The number of likely N-dealkylation sites (tertiary alicyclic amines) is 1. The molecule has 0 aromatic rings. The number of nitrogens with zero attached hydrogens (tertiary/aromatic N) is 1. The lowest BCUT2D eigenvalue weighted by Crippen LogP contribution is -2.48. The molecule has 5 nitrogen and oxygen atoms in total. The Morgan fingerprint density at radius 3 is 2.29 bits per heavy atom. The van der Waals surface area contributed by atoms with E-state index in [0.717, 1.165) is 32.4 Å². The molecule has 0 spiro atoms. The molecule has 1 unspecified atom stereocenters. The van der Waals surface area contributed by atoms with Crippen LogP contribution in [0.2, 0.25) is 0 Å². The van der Waals surface area contributed by atoms with Gasteiger partial charge in [-0.3, -0.25) is 4.79 Å². The largest absolute Gasteiger partial charge is 0.481 e. The second kappa shape index (κ2) is 7.66. The highest BCUT2D eigenvalue weighted by atomic mass is 16.4. The molecule has 1 heterocycles. The summed E-state index contributed by atoms with van der Waals surface area (Å²) in [6.45, 7) is 10.2. The average Bonchev–Trinajstić information content (AvgIpc) is 2.43. The molecule has 0 bridgehead atoms. The molecule has 2 N–H and O–H groups in total. The third-order valence-electron chi connectivity index (χ3n) is 4.72. The summed E-state index contributed by atoms with van der Waals surface area (Å²) >= 11 is 0. The van der Waals surface area contributed by atoms with Crippen molar-refractivity contribution in [2.45, 2.75) is 53.4 Å². The van der Waals surface area contributed by atoms with Crippen molar-refractivity contribution in [2.24, 2.45) is 17.3 Å². The van der Waals surface area contributed by atoms with Crippen molar-refractivity contribution in [2.75, 3.05) is 19.6 Å². The first-order chi connectivity index (χ1) is 9.77. The van der Waals surface area contributed by atoms with Gasteiger partial charge in [-0.1, -0.05) is 34.1 Å². The van der Waals surface area contributed by atoms with Crippen LogP contribution in [0, 0.1) is 17.3 Å². The zero-order valence-electron chi connectivity index (χ0n) is 13.8. The molecule has 0 aliphatic carbocycles. The van der Waals surface area contributed by atoms with Gasteiger partial charge in [-0.2, -0.15) is 0 Å². The number of carbonyl (C=O) groups excluding carboxylic acids is 1. The normalized spacial score (nSPS) is 19.4. The molecule has 0 radical (unpaired) electrons. The summed E-state index contributed by atoms with van der Waals surface area (Å²) in [5, 5.41) is 12.0. The van der Waals surface area contributed by atoms with E-state index >= 15 is 0 Å². The van der Waals surface area contributed by atoms with Crippen molar-refractivity contribution >= 4 is 12.0 Å². The minimum atomic E-state index is -0.832. The van der Waals surface area contributed by atoms with E-state index in [1.807, 2.05) is 18.7 Å². The zero-order valence-corrected chi connectivity index (χ0v) is 13.8. The van der Waals surface area contributed by atoms with Crippen molar-refractivity contribution in [3.05, 3.63) is 0 Å². The second-order valence-corrected chi connectivity index (χ2v) is 7.00. The lowest BCUT2D eigenvalue weighted by atomic mass is 9.78. The molecule has 0 aromatic carbocycles. The van der Waals surface area contributed by atoms with E-state index in [1.165, 1.54) is 0 Å². The fourth-order valence-electron chi connectivity index (χ4n) is 2.77. The maximum atomic E-state index is 12.1. The number of piperidine rings is 1. The lowest BCUT2D eigenvalue weighted by Gasteiger charge is -2.38. The summed E-state index contributed by atoms with van der Waals surface area (Å²) < 4.78 is 0. The number of rotatable bonds is 6. The van der Waals surface area contributed by atoms with Gasteiger partial charge in [0.25, 0.3) is 0 Å². The molecule has 5 heteroatoms. The predicted octanol–water partition coefficient (Wildman–Crippen LogP) is 2.96. The zero-order chi connectivity index (χ0) is 16.0. The average molecular weight is 298 g/mol. The van der Waals surface area contributed by atoms with Crippen LogP contribution in [0.4, 0.5) is 4.79 Å². The Morgan fingerprint density at radius 2 is 1.86 bits per heavy atom. The number of amides is 2. The van der Waals surface area contributed by atoms with Crippen LogP contribution in [0.1, 0.15) is 53.4 Å². The fraction of sp³-hybridized carbons (Fsp3) is 0.875. The lowest BCUT2D eigenvalue weighted by molar-refractivity contribution is -0.142. The third kappa shape index (κ3) is 5.56. The molecule has 1 rings (SSSR count). The monoisotopic (exact) mass is 298 g/mol. The van der Waals surface area contributed by atoms with Gasteiger partial charge in [0.2, 0.25) is 0 Å². The Morgan fingerprint density at radius 1 is 1.29 bits per heavy atom. The molecule has 1 atom stereocenters. The van der Waals surface area contributed by atoms with Crippen LogP contribution in [0.25, 0.3) is 0 Å². The van der Waals surface area contributed by atoms with E-state index in [4.69, 9.17) is 0 Å². The topological polar surface area (TPSA) is 69.6 Å². The van der Waals surface area contributed by atoms with Gasteiger partial charge >= 0.3 is 12.0 Å². The highest BCUT2D eigenvalue weighted by Gasteiger charge is 2.30. The van der Waals surface area contributed by atoms with E-state index in [9.17, 15) is 14.7 Å². The third-order valence-corrected chi connectivity index (χ3v) is 4.72. The number of hydrogen-bond acceptors (Lipinski definition) is 2. The molecule has 1 aliphatic heterocycles. The maximum Gasteiger partial charge on any atom is 0.317 e. The van der Waals surface area contributed by atoms with E-state index in [-0.39, 0.29) is 12.6 Å². The standard InChI is InChI=1S/C16H30N2O3/c1-5-16(4)6-8-18(9-7-16)15(21)17-11-13(14(19)20)10-12(2)3/h12-13H,5-11H2,1-4H3,(H,17,21)(H,19,20). The second-order valence-electron chi connectivity index (χ2n) is 7.00. The molecular formula is C16H30N2O3. The predicted molar refractivity (Wildman–Crippen MR) is 83.2 cm³/mol. The summed E-state index contributed by atoms with van der Waals surface area (Å²) in [5.41, 5.74) is 0.345. The van der Waals surface area contributed by atoms with Gasteiger partial charge in [-0.05, 0) is 30.6 Å². The van der Waals surface area contributed by atoms with Crippen molar-refractivity contribution in [3.63, 3.8) is 0 Å². The summed E-state index contributed by atoms with van der Waals surface area (Å²) in [7, 11) is 0. The molecule has 1 fully saturated rings. The van der Waals surface area contributed by atoms with E-state index in [0.29, 0.717) is 17.8 Å². The first-order valence-corrected chi connectivity index (χ1v) is 8.03. The van der Waals surface area contributed by atoms with E-state index in [1.54, 1.807) is 0 Å². The number of urea groups is 1. The molecule has 21 heavy (non-hydrogen) atoms. The Kier molecular flexibility index (Phi) is 6.49. The number of carbonyl (C=O) groups is 2. The highest BCUT2D eigenvalue weighted by molar-refractivity contribution is 5.76. The van der Waals surface area contributed by atoms with Crippen LogP contribution in [-0.4, -0.2) is 41.6 Å². The number of hydrogen-bond donors (Lipinski definition) is 2. The smallest absolute Gasteiger partial charge is 0.317 e. The molecule has 1 saturated heterocycles. The Hall–Kier alpha value is -1.26. The summed E-state index contributed by atoms with van der Waals surface area (Å²) in [6.07, 6.45) is 3.76. The van der Waals surface area contributed by atoms with Crippen molar-refractivity contribution in [3.8, 4) is 0 Å². The molecule has 2 amide bonds. The molecule has 1 aliphatic rings. The molecule has 0 saturated carbocycles. The van der Waals surface area contributed by atoms with Gasteiger partial charge in [0.15, 0.2) is 0 Å². The van der Waals surface area contributed by atoms with Crippen molar-refractivity contribution in [1.29, 1.82) is 0 Å². The van der Waals surface area contributed by atoms with Crippen molar-refractivity contribution < 1.29 is 14.7 Å². The highest BCUT2D eigenvalue weighted by Crippen LogP contribution is 2.33. The Bertz CT molecular complexity index is 361. The van der Waals surface area contributed by atoms with Gasteiger partial charge < -0.3 is 15.3 Å². The summed E-state index contributed by atoms with van der Waals surface area (Å²) in [6, 6.07) is -0.122. The first-order valence-electron chi connectivity index (χ1n) is 8.03. The van der Waals surface area contributed by atoms with Gasteiger partial charge in [-0.25, -0.2) is 4.79 Å². The van der Waals surface area contributed by atoms with E-state index < -0.39 is 11.9 Å². The quantitative estimate of drug-likeness (QED) is 0.792. The van der Waals surface area contributed by atoms with Crippen LogP contribution >= 0.6 is 0 Å². The van der Waals surface area contributed by atoms with Gasteiger partial charge in [0.1, 0.15) is 0 Å². The fourth-order valence-corrected chi connectivity index (χ4v) is 2.77. The Labute approximate surface area is 128 Å². The summed E-state index contributed by atoms with van der Waals surface area (Å²) in [5.74, 6) is -1.02. The first kappa shape index (κ1) is 17.8. The number of carboxylic acids is 1. The molecule has 0 aromatic heterocycles. The molecular weight excluding hydrogens is 268 g/mol. The van der Waals surface area contributed by atoms with Gasteiger partial charge in [0, 0.05) is 19.6 Å². The SMILES string of the molecule is CCC1(C)CCN(C(=O)NCC(CC(C)C)C(=O)O)CC1. The van der Waals surface area contributed by atoms with Gasteiger partial charge in [-0.15, -0.1) is 0 Å². The number of aliphatic carboxylic acids is 1. The van der Waals surface area contributed by atoms with Crippen LogP contribution in [0.15, 0.2) is 0 Å². The van der Waals surface area contributed by atoms with Crippen LogP contribution in [-0.2, 0) is 4.79 Å². The number of carboxylic acid groups (broad SMARTS) is 1. The number of nitrogens with one attached hydrogen (secondary N) is 1. The van der Waals surface area contributed by atoms with Crippen molar-refractivity contribution in [1.82, 2.24) is 10.2 Å². The van der Waals surface area contributed by atoms with Crippen LogP contribution < -0.4 is 5.32 Å². The molecule has 122 valence electrons. The van der Waals surface area contributed by atoms with Gasteiger partial charge in [0.05, 0.1) is 5.92 Å². The minimum Gasteiger partial charge on any atom is -0.481 e. The van der Waals surface area contributed by atoms with Crippen LogP contribution in [0.3, 0.4) is 0 Å². The minimum absolute atomic E-state index is 0.122.